The molecule has 0 radical (unpaired) electrons. The quantitative estimate of drug-likeness (QED) is 0.124. The number of rotatable bonds is 10. The van der Waals surface area contributed by atoms with Crippen LogP contribution in [0.15, 0.2) is 28.6 Å². The van der Waals surface area contributed by atoms with Crippen molar-refractivity contribution < 1.29 is 23.9 Å². The first-order valence-corrected chi connectivity index (χ1v) is 15.5. The van der Waals surface area contributed by atoms with E-state index in [9.17, 15) is 14.4 Å². The van der Waals surface area contributed by atoms with Crippen LogP contribution in [0.2, 0.25) is 0 Å². The van der Waals surface area contributed by atoms with Crippen molar-refractivity contribution in [2.45, 2.75) is 75.5 Å². The number of fused-ring (bicyclic) bond motifs is 1. The lowest BCUT2D eigenvalue weighted by atomic mass is 10.1. The predicted octanol–water partition coefficient (Wildman–Crippen LogP) is 6.20. The highest BCUT2D eigenvalue weighted by Crippen LogP contribution is 2.39. The Labute approximate surface area is 240 Å². The second kappa shape index (κ2) is 13.4. The lowest BCUT2D eigenvalue weighted by molar-refractivity contribution is -0.115. The minimum atomic E-state index is -0.507. The third-order valence-electron chi connectivity index (χ3n) is 5.90. The van der Waals surface area contributed by atoms with Crippen LogP contribution >= 0.6 is 34.4 Å². The van der Waals surface area contributed by atoms with Gasteiger partial charge in [0.25, 0.3) is 5.91 Å². The van der Waals surface area contributed by atoms with E-state index in [1.807, 2.05) is 13.8 Å². The minimum Gasteiger partial charge on any atom is -0.491 e. The number of aryl methyl sites for hydroxylation is 1. The maximum atomic E-state index is 13.1. The first-order chi connectivity index (χ1) is 18.7. The van der Waals surface area contributed by atoms with Crippen LogP contribution < -0.4 is 15.4 Å². The highest BCUT2D eigenvalue weighted by atomic mass is 32.2. The number of thiophene rings is 1. The SMILES string of the molecule is CCOC(=O)c1c(NC(=O)C(C)Sc2nnc(NC(=O)c3ccc(OC(C)C)cc3)s2)sc2c1CCCCC2. The number of benzene rings is 1. The van der Waals surface area contributed by atoms with E-state index in [1.165, 1.54) is 34.4 Å². The van der Waals surface area contributed by atoms with Gasteiger partial charge in [-0.25, -0.2) is 4.79 Å². The molecule has 3 aromatic rings. The van der Waals surface area contributed by atoms with Gasteiger partial charge in [-0.2, -0.15) is 0 Å². The van der Waals surface area contributed by atoms with Gasteiger partial charge in [-0.15, -0.1) is 21.5 Å². The van der Waals surface area contributed by atoms with E-state index in [1.54, 1.807) is 38.1 Å². The second-order valence-corrected chi connectivity index (χ2v) is 12.9. The topological polar surface area (TPSA) is 120 Å². The average molecular weight is 589 g/mol. The monoisotopic (exact) mass is 588 g/mol. The molecule has 2 heterocycles. The van der Waals surface area contributed by atoms with Crippen LogP contribution in [0.4, 0.5) is 10.1 Å². The number of ether oxygens (including phenoxy) is 2. The fraction of sp³-hybridized carbons (Fsp3) is 0.444. The number of aromatic nitrogens is 2. The van der Waals surface area contributed by atoms with Gasteiger partial charge >= 0.3 is 5.97 Å². The van der Waals surface area contributed by atoms with Gasteiger partial charge in [0.15, 0.2) is 4.34 Å². The Morgan fingerprint density at radius 3 is 2.46 bits per heavy atom. The molecule has 39 heavy (non-hydrogen) atoms. The van der Waals surface area contributed by atoms with E-state index in [0.717, 1.165) is 42.5 Å². The maximum absolute atomic E-state index is 13.1. The Morgan fingerprint density at radius 2 is 1.74 bits per heavy atom. The molecule has 0 fully saturated rings. The summed E-state index contributed by atoms with van der Waals surface area (Å²) in [6.07, 6.45) is 4.98. The van der Waals surface area contributed by atoms with E-state index < -0.39 is 5.25 Å². The molecule has 4 rings (SSSR count). The molecule has 2 aromatic heterocycles. The molecule has 1 aliphatic rings. The summed E-state index contributed by atoms with van der Waals surface area (Å²) in [6, 6.07) is 6.86. The summed E-state index contributed by atoms with van der Waals surface area (Å²) >= 11 is 3.90. The number of carbonyl (C=O) groups excluding carboxylic acids is 3. The summed E-state index contributed by atoms with van der Waals surface area (Å²) < 4.78 is 11.5. The van der Waals surface area contributed by atoms with Crippen LogP contribution in [0.1, 0.15) is 78.1 Å². The molecule has 0 aliphatic heterocycles. The second-order valence-electron chi connectivity index (χ2n) is 9.26. The van der Waals surface area contributed by atoms with E-state index in [2.05, 4.69) is 20.8 Å². The molecule has 9 nitrogen and oxygen atoms in total. The van der Waals surface area contributed by atoms with E-state index in [4.69, 9.17) is 9.47 Å². The molecule has 1 aliphatic carbocycles. The van der Waals surface area contributed by atoms with Crippen LogP contribution in [0.5, 0.6) is 5.75 Å². The first kappa shape index (κ1) is 29.0. The largest absolute Gasteiger partial charge is 0.491 e. The van der Waals surface area contributed by atoms with Gasteiger partial charge in [-0.1, -0.05) is 29.5 Å². The Morgan fingerprint density at radius 1 is 1.00 bits per heavy atom. The maximum Gasteiger partial charge on any atom is 0.341 e. The first-order valence-electron chi connectivity index (χ1n) is 13.0. The molecule has 1 atom stereocenters. The van der Waals surface area contributed by atoms with E-state index >= 15 is 0 Å². The molecule has 0 saturated carbocycles. The van der Waals surface area contributed by atoms with Crippen molar-refractivity contribution in [2.24, 2.45) is 0 Å². The van der Waals surface area contributed by atoms with Crippen LogP contribution in [0, 0.1) is 0 Å². The predicted molar refractivity (Wildman–Crippen MR) is 156 cm³/mol. The van der Waals surface area contributed by atoms with Crippen molar-refractivity contribution in [3.05, 3.63) is 45.8 Å². The van der Waals surface area contributed by atoms with Crippen LogP contribution in [-0.4, -0.2) is 45.9 Å². The zero-order valence-corrected chi connectivity index (χ0v) is 24.8. The number of esters is 1. The van der Waals surface area contributed by atoms with Crippen molar-refractivity contribution in [3.63, 3.8) is 0 Å². The van der Waals surface area contributed by atoms with Crippen LogP contribution in [-0.2, 0) is 22.4 Å². The van der Waals surface area contributed by atoms with Gasteiger partial charge in [0.2, 0.25) is 11.0 Å². The van der Waals surface area contributed by atoms with Gasteiger partial charge < -0.3 is 14.8 Å². The number of anilines is 2. The summed E-state index contributed by atoms with van der Waals surface area (Å²) in [5.74, 6) is -0.255. The van der Waals surface area contributed by atoms with Crippen molar-refractivity contribution in [1.29, 1.82) is 0 Å². The molecule has 0 bridgehead atoms. The Kier molecular flexibility index (Phi) is 9.98. The van der Waals surface area contributed by atoms with E-state index in [-0.39, 0.29) is 30.5 Å². The Balaban J connectivity index is 1.38. The third-order valence-corrected chi connectivity index (χ3v) is 9.13. The van der Waals surface area contributed by atoms with Gasteiger partial charge in [0, 0.05) is 10.4 Å². The normalized spacial score (nSPS) is 13.8. The summed E-state index contributed by atoms with van der Waals surface area (Å²) in [7, 11) is 0. The standard InChI is InChI=1S/C27H32N4O5S3/c1-5-35-25(34)21-19-9-7-6-8-10-20(19)38-24(21)28-22(32)16(4)37-27-31-30-26(39-27)29-23(33)17-11-13-18(14-12-17)36-15(2)3/h11-16H,5-10H2,1-4H3,(H,28,32)(H,29,30,33). The number of amides is 2. The minimum absolute atomic E-state index is 0.0475. The van der Waals surface area contributed by atoms with Crippen molar-refractivity contribution in [1.82, 2.24) is 10.2 Å². The number of thioether (sulfide) groups is 1. The van der Waals surface area contributed by atoms with Gasteiger partial charge in [0.05, 0.1) is 23.5 Å². The smallest absolute Gasteiger partial charge is 0.341 e. The van der Waals surface area contributed by atoms with Crippen LogP contribution in [0.3, 0.4) is 0 Å². The zero-order chi connectivity index (χ0) is 27.9. The molecular weight excluding hydrogens is 557 g/mol. The Hall–Kier alpha value is -2.96. The average Bonchev–Trinajstić information content (AvgIpc) is 3.39. The van der Waals surface area contributed by atoms with E-state index in [0.29, 0.717) is 31.3 Å². The summed E-state index contributed by atoms with van der Waals surface area (Å²) in [6.45, 7) is 7.69. The van der Waals surface area contributed by atoms with Crippen molar-refractivity contribution in [2.75, 3.05) is 17.2 Å². The molecule has 1 unspecified atom stereocenters. The summed E-state index contributed by atoms with van der Waals surface area (Å²) in [5.41, 5.74) is 1.97. The summed E-state index contributed by atoms with van der Waals surface area (Å²) in [5, 5.41) is 14.2. The van der Waals surface area contributed by atoms with Crippen LogP contribution in [0.25, 0.3) is 0 Å². The molecule has 2 N–H and O–H groups in total. The van der Waals surface area contributed by atoms with Crippen molar-refractivity contribution >= 4 is 62.4 Å². The number of carbonyl (C=O) groups is 3. The fourth-order valence-electron chi connectivity index (χ4n) is 4.10. The fourth-order valence-corrected chi connectivity index (χ4v) is 7.27. The molecule has 0 saturated heterocycles. The molecule has 12 heteroatoms. The van der Waals surface area contributed by atoms with Gasteiger partial charge in [0.1, 0.15) is 10.8 Å². The van der Waals surface area contributed by atoms with Crippen molar-refractivity contribution in [3.8, 4) is 5.75 Å². The molecule has 0 spiro atoms. The number of hydrogen-bond acceptors (Lipinski definition) is 10. The number of nitrogens with one attached hydrogen (secondary N) is 2. The Bertz CT molecular complexity index is 1320. The van der Waals surface area contributed by atoms with Gasteiger partial charge in [-0.05, 0) is 83.2 Å². The zero-order valence-electron chi connectivity index (χ0n) is 22.4. The van der Waals surface area contributed by atoms with Gasteiger partial charge in [-0.3, -0.25) is 14.9 Å². The highest BCUT2D eigenvalue weighted by molar-refractivity contribution is 8.02. The lowest BCUT2D eigenvalue weighted by Gasteiger charge is -2.11. The number of hydrogen-bond donors (Lipinski definition) is 2. The molecule has 208 valence electrons. The number of nitrogens with zero attached hydrogens (tertiary/aromatic N) is 2. The highest BCUT2D eigenvalue weighted by Gasteiger charge is 2.28. The molecule has 1 aromatic carbocycles. The lowest BCUT2D eigenvalue weighted by Crippen LogP contribution is -2.23. The summed E-state index contributed by atoms with van der Waals surface area (Å²) in [4.78, 5) is 39.6. The molecule has 2 amide bonds. The molecular formula is C27H32N4O5S3. The third kappa shape index (κ3) is 7.58.